The Kier molecular flexibility index (Phi) is 5.48. The highest BCUT2D eigenvalue weighted by Gasteiger charge is 2.25. The molecule has 0 aliphatic carbocycles. The Bertz CT molecular complexity index is 688. The first-order valence-corrected chi connectivity index (χ1v) is 8.51. The molecule has 0 spiro atoms. The number of nitrogens with zero attached hydrogens (tertiary/aromatic N) is 1. The van der Waals surface area contributed by atoms with E-state index in [0.29, 0.717) is 5.69 Å². The Morgan fingerprint density at radius 1 is 1.17 bits per heavy atom. The lowest BCUT2D eigenvalue weighted by atomic mass is 9.96. The van der Waals surface area contributed by atoms with Gasteiger partial charge in [-0.2, -0.15) is 0 Å². The molecule has 0 radical (unpaired) electrons. The quantitative estimate of drug-likeness (QED) is 0.893. The van der Waals surface area contributed by atoms with E-state index in [2.05, 4.69) is 10.2 Å². The lowest BCUT2D eigenvalue weighted by Gasteiger charge is -2.32. The second-order valence-corrected chi connectivity index (χ2v) is 6.63. The van der Waals surface area contributed by atoms with E-state index in [1.165, 1.54) is 17.7 Å². The van der Waals surface area contributed by atoms with Gasteiger partial charge in [-0.25, -0.2) is 4.39 Å². The largest absolute Gasteiger partial charge is 0.326 e. The number of piperidine rings is 1. The molecule has 0 saturated carbocycles. The Balaban J connectivity index is 1.57. The number of hydrogen-bond acceptors (Lipinski definition) is 2. The summed E-state index contributed by atoms with van der Waals surface area (Å²) in [6.07, 6.45) is 1.87. The van der Waals surface area contributed by atoms with Gasteiger partial charge >= 0.3 is 0 Å². The van der Waals surface area contributed by atoms with E-state index in [1.807, 2.05) is 24.3 Å². The third-order valence-electron chi connectivity index (χ3n) is 4.31. The second kappa shape index (κ2) is 7.77. The van der Waals surface area contributed by atoms with Crippen LogP contribution in [0.5, 0.6) is 0 Å². The van der Waals surface area contributed by atoms with E-state index in [1.54, 1.807) is 12.1 Å². The summed E-state index contributed by atoms with van der Waals surface area (Å²) in [6.45, 7) is 2.54. The van der Waals surface area contributed by atoms with Crippen LogP contribution in [0.25, 0.3) is 0 Å². The van der Waals surface area contributed by atoms with E-state index < -0.39 is 0 Å². The lowest BCUT2D eigenvalue weighted by molar-refractivity contribution is -0.121. The summed E-state index contributed by atoms with van der Waals surface area (Å²) in [5.74, 6) is -0.349. The molecule has 1 fully saturated rings. The second-order valence-electron chi connectivity index (χ2n) is 6.20. The summed E-state index contributed by atoms with van der Waals surface area (Å²) in [5.41, 5.74) is 1.83. The van der Waals surface area contributed by atoms with Crippen molar-refractivity contribution in [2.75, 3.05) is 18.4 Å². The van der Waals surface area contributed by atoms with Crippen LogP contribution in [-0.2, 0) is 11.3 Å². The summed E-state index contributed by atoms with van der Waals surface area (Å²) in [6, 6.07) is 13.7. The molecule has 1 amide bonds. The molecule has 5 heteroatoms. The third kappa shape index (κ3) is 4.56. The Labute approximate surface area is 146 Å². The molecule has 24 heavy (non-hydrogen) atoms. The monoisotopic (exact) mass is 346 g/mol. The summed E-state index contributed by atoms with van der Waals surface area (Å²) in [7, 11) is 0. The number of carbonyl (C=O) groups excluding carboxylic acids is 1. The molecule has 1 atom stereocenters. The fourth-order valence-electron chi connectivity index (χ4n) is 3.04. The number of likely N-dealkylation sites (tertiary alicyclic amines) is 1. The Morgan fingerprint density at radius 3 is 2.58 bits per heavy atom. The summed E-state index contributed by atoms with van der Waals surface area (Å²) in [5, 5.41) is 3.61. The minimum atomic E-state index is -0.306. The van der Waals surface area contributed by atoms with Crippen LogP contribution in [0.1, 0.15) is 18.4 Å². The van der Waals surface area contributed by atoms with Crippen LogP contribution in [0.3, 0.4) is 0 Å². The molecule has 2 aromatic carbocycles. The molecule has 1 heterocycles. The number of nitrogens with one attached hydrogen (secondary N) is 1. The van der Waals surface area contributed by atoms with Gasteiger partial charge in [0.15, 0.2) is 0 Å². The number of hydrogen-bond donors (Lipinski definition) is 1. The SMILES string of the molecule is O=C(Nc1ccc(F)cc1)[C@@H]1CCCN(Cc2ccc(Cl)cc2)C1. The number of amides is 1. The molecule has 3 rings (SSSR count). The van der Waals surface area contributed by atoms with Gasteiger partial charge < -0.3 is 5.32 Å². The van der Waals surface area contributed by atoms with Crippen LogP contribution < -0.4 is 5.32 Å². The van der Waals surface area contributed by atoms with Crippen molar-refractivity contribution in [1.29, 1.82) is 0 Å². The van der Waals surface area contributed by atoms with E-state index in [0.717, 1.165) is 37.5 Å². The van der Waals surface area contributed by atoms with Gasteiger partial charge in [-0.1, -0.05) is 23.7 Å². The van der Waals surface area contributed by atoms with Gasteiger partial charge in [0.1, 0.15) is 5.82 Å². The highest BCUT2D eigenvalue weighted by molar-refractivity contribution is 6.30. The van der Waals surface area contributed by atoms with Crippen molar-refractivity contribution in [2.24, 2.45) is 5.92 Å². The average Bonchev–Trinajstić information content (AvgIpc) is 2.59. The van der Waals surface area contributed by atoms with Crippen LogP contribution in [0, 0.1) is 11.7 Å². The molecule has 1 saturated heterocycles. The van der Waals surface area contributed by atoms with Gasteiger partial charge in [0.05, 0.1) is 5.92 Å². The number of carbonyl (C=O) groups is 1. The molecular formula is C19H20ClFN2O. The maximum atomic E-state index is 12.9. The van der Waals surface area contributed by atoms with Gasteiger partial charge in [-0.3, -0.25) is 9.69 Å². The van der Waals surface area contributed by atoms with Gasteiger partial charge in [-0.05, 0) is 61.3 Å². The fraction of sp³-hybridized carbons (Fsp3) is 0.316. The maximum Gasteiger partial charge on any atom is 0.228 e. The Morgan fingerprint density at radius 2 is 1.88 bits per heavy atom. The number of halogens is 2. The van der Waals surface area contributed by atoms with Crippen molar-refractivity contribution in [2.45, 2.75) is 19.4 Å². The van der Waals surface area contributed by atoms with Crippen molar-refractivity contribution in [3.05, 3.63) is 64.9 Å². The van der Waals surface area contributed by atoms with Crippen LogP contribution in [0.2, 0.25) is 5.02 Å². The smallest absolute Gasteiger partial charge is 0.228 e. The van der Waals surface area contributed by atoms with E-state index >= 15 is 0 Å². The van der Waals surface area contributed by atoms with E-state index in [9.17, 15) is 9.18 Å². The normalized spacial score (nSPS) is 18.3. The van der Waals surface area contributed by atoms with Crippen molar-refractivity contribution in [3.8, 4) is 0 Å². The molecule has 0 unspecified atom stereocenters. The number of rotatable bonds is 4. The molecule has 3 nitrogen and oxygen atoms in total. The van der Waals surface area contributed by atoms with Crippen molar-refractivity contribution >= 4 is 23.2 Å². The average molecular weight is 347 g/mol. The zero-order valence-electron chi connectivity index (χ0n) is 13.3. The first-order chi connectivity index (χ1) is 11.6. The number of benzene rings is 2. The van der Waals surface area contributed by atoms with Crippen LogP contribution in [-0.4, -0.2) is 23.9 Å². The first-order valence-electron chi connectivity index (χ1n) is 8.13. The summed E-state index contributed by atoms with van der Waals surface area (Å²) < 4.78 is 12.9. The zero-order chi connectivity index (χ0) is 16.9. The van der Waals surface area contributed by atoms with Crippen LogP contribution >= 0.6 is 11.6 Å². The van der Waals surface area contributed by atoms with Crippen LogP contribution in [0.4, 0.5) is 10.1 Å². The van der Waals surface area contributed by atoms with Crippen LogP contribution in [0.15, 0.2) is 48.5 Å². The van der Waals surface area contributed by atoms with E-state index in [-0.39, 0.29) is 17.6 Å². The van der Waals surface area contributed by atoms with Gasteiger partial charge in [0.2, 0.25) is 5.91 Å². The van der Waals surface area contributed by atoms with Gasteiger partial charge in [0, 0.05) is 23.8 Å². The predicted octanol–water partition coefficient (Wildman–Crippen LogP) is 4.33. The van der Waals surface area contributed by atoms with Crippen molar-refractivity contribution < 1.29 is 9.18 Å². The van der Waals surface area contributed by atoms with E-state index in [4.69, 9.17) is 11.6 Å². The third-order valence-corrected chi connectivity index (χ3v) is 4.56. The summed E-state index contributed by atoms with van der Waals surface area (Å²) in [4.78, 5) is 14.7. The van der Waals surface area contributed by atoms with Crippen molar-refractivity contribution in [1.82, 2.24) is 4.90 Å². The molecule has 1 N–H and O–H groups in total. The number of anilines is 1. The molecule has 2 aromatic rings. The molecule has 1 aliphatic heterocycles. The minimum absolute atomic E-state index is 0.00224. The molecular weight excluding hydrogens is 327 g/mol. The molecule has 0 bridgehead atoms. The first kappa shape index (κ1) is 16.9. The van der Waals surface area contributed by atoms with Gasteiger partial charge in [-0.15, -0.1) is 0 Å². The Hall–Kier alpha value is -1.91. The lowest BCUT2D eigenvalue weighted by Crippen LogP contribution is -2.40. The molecule has 126 valence electrons. The standard InChI is InChI=1S/C19H20ClFN2O/c20-16-5-3-14(4-6-16)12-23-11-1-2-15(13-23)19(24)22-18-9-7-17(21)8-10-18/h3-10,15H,1-2,11-13H2,(H,22,24)/t15-/m1/s1. The minimum Gasteiger partial charge on any atom is -0.326 e. The van der Waals surface area contributed by atoms with Gasteiger partial charge in [0.25, 0.3) is 0 Å². The summed E-state index contributed by atoms with van der Waals surface area (Å²) >= 11 is 5.92. The molecule has 1 aliphatic rings. The fourth-order valence-corrected chi connectivity index (χ4v) is 3.16. The molecule has 0 aromatic heterocycles. The highest BCUT2D eigenvalue weighted by atomic mass is 35.5. The predicted molar refractivity (Wildman–Crippen MR) is 94.5 cm³/mol. The van der Waals surface area contributed by atoms with Crippen molar-refractivity contribution in [3.63, 3.8) is 0 Å². The maximum absolute atomic E-state index is 12.9. The topological polar surface area (TPSA) is 32.3 Å². The highest BCUT2D eigenvalue weighted by Crippen LogP contribution is 2.21. The zero-order valence-corrected chi connectivity index (χ0v) is 14.1.